The van der Waals surface area contributed by atoms with Gasteiger partial charge in [-0.05, 0) is 47.0 Å². The van der Waals surface area contributed by atoms with Crippen LogP contribution in [0.1, 0.15) is 5.56 Å². The molecule has 0 saturated heterocycles. The highest BCUT2D eigenvalue weighted by atomic mass is 32.2. The maximum Gasteiger partial charge on any atom is 0.229 e. The molecule has 1 amide bonds. The summed E-state index contributed by atoms with van der Waals surface area (Å²) in [7, 11) is -3.36. The zero-order valence-corrected chi connectivity index (χ0v) is 17.1. The number of aromatic amines is 1. The fraction of sp³-hybridized carbons (Fsp3) is 0.100. The van der Waals surface area contributed by atoms with E-state index >= 15 is 0 Å². The van der Waals surface area contributed by atoms with E-state index in [-0.39, 0.29) is 12.3 Å². The van der Waals surface area contributed by atoms with Gasteiger partial charge in [0.1, 0.15) is 5.65 Å². The first-order chi connectivity index (χ1) is 13.9. The van der Waals surface area contributed by atoms with Crippen LogP contribution in [0.2, 0.25) is 0 Å². The third kappa shape index (κ3) is 4.64. The number of nitrogens with one attached hydrogen (secondary N) is 3. The van der Waals surface area contributed by atoms with Crippen LogP contribution in [-0.4, -0.2) is 30.5 Å². The number of carbonyl (C=O) groups is 1. The lowest BCUT2D eigenvalue weighted by molar-refractivity contribution is -0.115. The molecule has 0 saturated carbocycles. The lowest BCUT2D eigenvalue weighted by Crippen LogP contribution is -2.14. The molecule has 0 bridgehead atoms. The van der Waals surface area contributed by atoms with Gasteiger partial charge in [-0.1, -0.05) is 12.1 Å². The number of sulfonamides is 1. The minimum absolute atomic E-state index is 0.143. The molecule has 3 aromatic heterocycles. The molecule has 7 nitrogen and oxygen atoms in total. The second kappa shape index (κ2) is 7.69. The van der Waals surface area contributed by atoms with Crippen molar-refractivity contribution in [3.05, 3.63) is 65.8 Å². The third-order valence-electron chi connectivity index (χ3n) is 4.23. The van der Waals surface area contributed by atoms with Crippen molar-refractivity contribution < 1.29 is 13.2 Å². The lowest BCUT2D eigenvalue weighted by atomic mass is 10.1. The van der Waals surface area contributed by atoms with Crippen molar-refractivity contribution in [3.8, 4) is 11.1 Å². The van der Waals surface area contributed by atoms with Gasteiger partial charge in [0.15, 0.2) is 0 Å². The summed E-state index contributed by atoms with van der Waals surface area (Å²) in [6, 6.07) is 12.7. The molecule has 29 heavy (non-hydrogen) atoms. The first-order valence-electron chi connectivity index (χ1n) is 8.75. The van der Waals surface area contributed by atoms with E-state index < -0.39 is 10.0 Å². The largest absolute Gasteiger partial charge is 0.346 e. The predicted molar refractivity (Wildman–Crippen MR) is 117 cm³/mol. The van der Waals surface area contributed by atoms with E-state index in [1.165, 1.54) is 11.3 Å². The number of anilines is 2. The summed E-state index contributed by atoms with van der Waals surface area (Å²) in [6.07, 6.45) is 4.83. The molecule has 0 aliphatic rings. The summed E-state index contributed by atoms with van der Waals surface area (Å²) in [5.41, 5.74) is 4.03. The number of aromatic nitrogens is 2. The molecule has 4 aromatic rings. The van der Waals surface area contributed by atoms with Gasteiger partial charge in [-0.3, -0.25) is 9.52 Å². The molecule has 0 atom stereocenters. The summed E-state index contributed by atoms with van der Waals surface area (Å²) in [4.78, 5) is 19.8. The number of H-pyrrole nitrogens is 1. The van der Waals surface area contributed by atoms with Crippen LogP contribution in [0, 0.1) is 0 Å². The van der Waals surface area contributed by atoms with Gasteiger partial charge in [0.05, 0.1) is 17.7 Å². The van der Waals surface area contributed by atoms with Crippen molar-refractivity contribution in [1.82, 2.24) is 9.97 Å². The van der Waals surface area contributed by atoms with Crippen LogP contribution in [-0.2, 0) is 21.2 Å². The second-order valence-corrected chi connectivity index (χ2v) is 9.26. The number of benzene rings is 1. The normalized spacial score (nSPS) is 11.5. The maximum absolute atomic E-state index is 12.4. The molecule has 9 heteroatoms. The molecule has 3 heterocycles. The molecule has 1 aromatic carbocycles. The smallest absolute Gasteiger partial charge is 0.229 e. The molecule has 4 rings (SSSR count). The van der Waals surface area contributed by atoms with Crippen LogP contribution in [0.4, 0.5) is 10.7 Å². The summed E-state index contributed by atoms with van der Waals surface area (Å²) in [5, 5.41) is 6.67. The van der Waals surface area contributed by atoms with Gasteiger partial charge >= 0.3 is 0 Å². The van der Waals surface area contributed by atoms with Gasteiger partial charge in [0.2, 0.25) is 15.9 Å². The highest BCUT2D eigenvalue weighted by Crippen LogP contribution is 2.33. The van der Waals surface area contributed by atoms with Gasteiger partial charge in [0.25, 0.3) is 0 Å². The maximum atomic E-state index is 12.4. The number of thiophene rings is 1. The van der Waals surface area contributed by atoms with Crippen LogP contribution in [0.5, 0.6) is 0 Å². The summed E-state index contributed by atoms with van der Waals surface area (Å²) in [5.74, 6) is -0.170. The fourth-order valence-corrected chi connectivity index (χ4v) is 4.45. The average Bonchev–Trinajstić information content (AvgIpc) is 3.29. The van der Waals surface area contributed by atoms with Crippen molar-refractivity contribution in [3.63, 3.8) is 0 Å². The number of amides is 1. The molecule has 0 fully saturated rings. The first kappa shape index (κ1) is 19.2. The predicted octanol–water partition coefficient (Wildman–Crippen LogP) is 3.84. The zero-order chi connectivity index (χ0) is 20.4. The quantitative estimate of drug-likeness (QED) is 0.436. The van der Waals surface area contributed by atoms with Crippen molar-refractivity contribution >= 4 is 49.0 Å². The number of pyridine rings is 1. The van der Waals surface area contributed by atoms with E-state index in [1.54, 1.807) is 30.5 Å². The number of fused-ring (bicyclic) bond motifs is 1. The van der Waals surface area contributed by atoms with E-state index in [0.29, 0.717) is 5.69 Å². The summed E-state index contributed by atoms with van der Waals surface area (Å²) >= 11 is 1.45. The molecule has 3 N–H and O–H groups in total. The van der Waals surface area contributed by atoms with E-state index in [9.17, 15) is 13.2 Å². The first-order valence-corrected chi connectivity index (χ1v) is 11.5. The monoisotopic (exact) mass is 426 g/mol. The second-order valence-electron chi connectivity index (χ2n) is 6.60. The van der Waals surface area contributed by atoms with Gasteiger partial charge in [0, 0.05) is 28.8 Å². The van der Waals surface area contributed by atoms with Crippen molar-refractivity contribution in [2.75, 3.05) is 16.3 Å². The molecule has 0 unspecified atom stereocenters. The topological polar surface area (TPSA) is 104 Å². The number of rotatable bonds is 6. The molecule has 0 aliphatic carbocycles. The molecule has 0 radical (unpaired) electrons. The minimum Gasteiger partial charge on any atom is -0.346 e. The molecular formula is C20H18N4O3S2. The molecule has 0 aliphatic heterocycles. The zero-order valence-electron chi connectivity index (χ0n) is 15.5. The van der Waals surface area contributed by atoms with Gasteiger partial charge < -0.3 is 10.3 Å². The summed E-state index contributed by atoms with van der Waals surface area (Å²) < 4.78 is 25.1. The van der Waals surface area contributed by atoms with E-state index in [0.717, 1.165) is 39.0 Å². The lowest BCUT2D eigenvalue weighted by Gasteiger charge is -2.07. The fourth-order valence-electron chi connectivity index (χ4n) is 3.08. The number of carbonyl (C=O) groups excluding carboxylic acids is 1. The Morgan fingerprint density at radius 2 is 2.07 bits per heavy atom. The Labute approximate surface area is 171 Å². The Morgan fingerprint density at radius 3 is 2.90 bits per heavy atom. The minimum atomic E-state index is -3.36. The highest BCUT2D eigenvalue weighted by Gasteiger charge is 2.11. The van der Waals surface area contributed by atoms with Crippen LogP contribution in [0.15, 0.2) is 60.2 Å². The van der Waals surface area contributed by atoms with E-state index in [2.05, 4.69) is 20.0 Å². The van der Waals surface area contributed by atoms with Crippen LogP contribution in [0.3, 0.4) is 0 Å². The Kier molecular flexibility index (Phi) is 5.08. The number of hydrogen-bond donors (Lipinski definition) is 3. The molecular weight excluding hydrogens is 408 g/mol. The Bertz CT molecular complexity index is 1290. The summed E-state index contributed by atoms with van der Waals surface area (Å²) in [6.45, 7) is 0. The van der Waals surface area contributed by atoms with E-state index in [4.69, 9.17) is 0 Å². The Balaban J connectivity index is 1.46. The van der Waals surface area contributed by atoms with Gasteiger partial charge in [-0.2, -0.15) is 0 Å². The van der Waals surface area contributed by atoms with Gasteiger partial charge in [-0.25, -0.2) is 13.4 Å². The number of hydrogen-bond acceptors (Lipinski definition) is 5. The van der Waals surface area contributed by atoms with Crippen LogP contribution < -0.4 is 10.0 Å². The van der Waals surface area contributed by atoms with Crippen molar-refractivity contribution in [2.45, 2.75) is 6.42 Å². The van der Waals surface area contributed by atoms with Crippen molar-refractivity contribution in [1.29, 1.82) is 0 Å². The highest BCUT2D eigenvalue weighted by molar-refractivity contribution is 7.92. The van der Waals surface area contributed by atoms with Gasteiger partial charge in [-0.15, -0.1) is 11.3 Å². The van der Waals surface area contributed by atoms with Crippen LogP contribution >= 0.6 is 11.3 Å². The third-order valence-corrected chi connectivity index (χ3v) is 5.68. The Morgan fingerprint density at radius 1 is 1.21 bits per heavy atom. The standard InChI is InChI=1S/C20H18N4O3S2/c1-29(26,27)24-15-4-2-3-13(9-15)10-18(25)23-19-11-14(12-28-19)16-5-7-21-20-17(16)6-8-22-20/h2-9,11-12,24H,10H2,1H3,(H,21,22)(H,23,25). The average molecular weight is 427 g/mol. The van der Waals surface area contributed by atoms with Crippen molar-refractivity contribution in [2.24, 2.45) is 0 Å². The van der Waals surface area contributed by atoms with Crippen LogP contribution in [0.25, 0.3) is 22.2 Å². The number of nitrogens with zero attached hydrogens (tertiary/aromatic N) is 1. The SMILES string of the molecule is CS(=O)(=O)Nc1cccc(CC(=O)Nc2cc(-c3ccnc4[nH]ccc34)cs2)c1. The molecule has 0 spiro atoms. The van der Waals surface area contributed by atoms with E-state index in [1.807, 2.05) is 29.8 Å². The molecule has 148 valence electrons. The Hall–Kier alpha value is -3.17.